The molecule has 2 fully saturated rings. The Morgan fingerprint density at radius 1 is 1.26 bits per heavy atom. The highest BCUT2D eigenvalue weighted by Crippen LogP contribution is 2.34. The van der Waals surface area contributed by atoms with Crippen molar-refractivity contribution < 1.29 is 13.9 Å². The van der Waals surface area contributed by atoms with Crippen molar-refractivity contribution >= 4 is 5.91 Å². The summed E-state index contributed by atoms with van der Waals surface area (Å²) in [6.07, 6.45) is 4.52. The molecule has 0 unspecified atom stereocenters. The highest BCUT2D eigenvalue weighted by atomic mass is 19.1. The lowest BCUT2D eigenvalue weighted by atomic mass is 9.83. The van der Waals surface area contributed by atoms with Gasteiger partial charge in [-0.05, 0) is 30.5 Å². The summed E-state index contributed by atoms with van der Waals surface area (Å²) in [5.41, 5.74) is 1.47. The maximum Gasteiger partial charge on any atom is 0.254 e. The Kier molecular flexibility index (Phi) is 5.03. The molecule has 1 aromatic carbocycles. The van der Waals surface area contributed by atoms with E-state index in [4.69, 9.17) is 4.74 Å². The fourth-order valence-corrected chi connectivity index (χ4v) is 3.49. The number of carbonyl (C=O) groups is 1. The molecule has 7 heteroatoms. The molecule has 6 nitrogen and oxygen atoms in total. The lowest BCUT2D eigenvalue weighted by molar-refractivity contribution is -0.139. The van der Waals surface area contributed by atoms with Crippen LogP contribution in [0.25, 0.3) is 0 Å². The molecule has 27 heavy (non-hydrogen) atoms. The van der Waals surface area contributed by atoms with Gasteiger partial charge in [0.15, 0.2) is 0 Å². The highest BCUT2D eigenvalue weighted by molar-refractivity contribution is 5.76. The van der Waals surface area contributed by atoms with E-state index in [9.17, 15) is 14.0 Å². The summed E-state index contributed by atoms with van der Waals surface area (Å²) < 4.78 is 20.2. The van der Waals surface area contributed by atoms with Gasteiger partial charge in [-0.2, -0.15) is 0 Å². The molecule has 1 aliphatic carbocycles. The van der Waals surface area contributed by atoms with E-state index in [0.717, 1.165) is 24.1 Å². The fraction of sp³-hybridized carbons (Fsp3) is 0.450. The third-order valence-electron chi connectivity index (χ3n) is 5.39. The Balaban J connectivity index is 1.41. The number of hydrogen-bond acceptors (Lipinski definition) is 4. The Labute approximate surface area is 156 Å². The first-order valence-electron chi connectivity index (χ1n) is 9.31. The van der Waals surface area contributed by atoms with Gasteiger partial charge in [-0.1, -0.05) is 18.6 Å². The van der Waals surface area contributed by atoms with E-state index in [1.807, 2.05) is 0 Å². The lowest BCUT2D eigenvalue weighted by Crippen LogP contribution is -2.44. The summed E-state index contributed by atoms with van der Waals surface area (Å²) in [5.74, 6) is -0.0656. The minimum atomic E-state index is -0.306. The number of hydrogen-bond donors (Lipinski definition) is 0. The molecule has 0 radical (unpaired) electrons. The topological polar surface area (TPSA) is 64.4 Å². The van der Waals surface area contributed by atoms with Crippen LogP contribution in [-0.4, -0.2) is 40.1 Å². The molecule has 1 aliphatic heterocycles. The van der Waals surface area contributed by atoms with Crippen LogP contribution in [0.1, 0.15) is 42.5 Å². The van der Waals surface area contributed by atoms with Gasteiger partial charge < -0.3 is 9.64 Å². The highest BCUT2D eigenvalue weighted by Gasteiger charge is 2.26. The van der Waals surface area contributed by atoms with Crippen LogP contribution >= 0.6 is 0 Å². The minimum absolute atomic E-state index is 0.0348. The van der Waals surface area contributed by atoms with Crippen LogP contribution in [0.15, 0.2) is 41.5 Å². The second-order valence-corrected chi connectivity index (χ2v) is 7.16. The molecule has 1 aromatic heterocycles. The molecule has 0 N–H and O–H groups in total. The second kappa shape index (κ2) is 7.60. The van der Waals surface area contributed by atoms with Crippen molar-refractivity contribution in [3.63, 3.8) is 0 Å². The van der Waals surface area contributed by atoms with Crippen molar-refractivity contribution in [3.05, 3.63) is 64.1 Å². The molecule has 2 aromatic rings. The minimum Gasteiger partial charge on any atom is -0.370 e. The number of rotatable bonds is 4. The normalized spacial score (nSPS) is 20.3. The molecule has 1 atom stereocenters. The maximum absolute atomic E-state index is 13.1. The van der Waals surface area contributed by atoms with Crippen LogP contribution in [0.2, 0.25) is 0 Å². The number of amides is 1. The van der Waals surface area contributed by atoms with Gasteiger partial charge >= 0.3 is 0 Å². The third-order valence-corrected chi connectivity index (χ3v) is 5.39. The van der Waals surface area contributed by atoms with Crippen LogP contribution in [0, 0.1) is 5.82 Å². The van der Waals surface area contributed by atoms with Crippen molar-refractivity contribution in [1.29, 1.82) is 0 Å². The maximum atomic E-state index is 13.1. The number of benzene rings is 1. The predicted octanol–water partition coefficient (Wildman–Crippen LogP) is 2.25. The molecular formula is C20H22FN3O3. The van der Waals surface area contributed by atoms with Gasteiger partial charge in [0.1, 0.15) is 18.5 Å². The van der Waals surface area contributed by atoms with Gasteiger partial charge in [0.2, 0.25) is 5.91 Å². The third kappa shape index (κ3) is 3.93. The number of halogens is 1. The molecule has 0 spiro atoms. The summed E-state index contributed by atoms with van der Waals surface area (Å²) in [6.45, 7) is 1.22. The van der Waals surface area contributed by atoms with Crippen LogP contribution < -0.4 is 5.56 Å². The van der Waals surface area contributed by atoms with E-state index < -0.39 is 0 Å². The number of carbonyl (C=O) groups excluding carboxylic acids is 1. The van der Waals surface area contributed by atoms with Crippen LogP contribution in [0.5, 0.6) is 0 Å². The molecule has 1 saturated carbocycles. The monoisotopic (exact) mass is 371 g/mol. The summed E-state index contributed by atoms with van der Waals surface area (Å²) in [7, 11) is 0. The van der Waals surface area contributed by atoms with E-state index in [2.05, 4.69) is 4.98 Å². The number of aromatic nitrogens is 2. The molecule has 142 valence electrons. The van der Waals surface area contributed by atoms with Crippen molar-refractivity contribution in [1.82, 2.24) is 14.5 Å². The zero-order valence-corrected chi connectivity index (χ0v) is 15.0. The first-order valence-corrected chi connectivity index (χ1v) is 9.31. The van der Waals surface area contributed by atoms with E-state index in [-0.39, 0.29) is 29.9 Å². The van der Waals surface area contributed by atoms with Crippen molar-refractivity contribution in [3.8, 4) is 0 Å². The van der Waals surface area contributed by atoms with Crippen LogP contribution in [-0.2, 0) is 16.1 Å². The Bertz CT molecular complexity index is 877. The molecule has 0 bridgehead atoms. The smallest absolute Gasteiger partial charge is 0.254 e. The Morgan fingerprint density at radius 2 is 2.04 bits per heavy atom. The van der Waals surface area contributed by atoms with Crippen molar-refractivity contribution in [2.24, 2.45) is 0 Å². The quantitative estimate of drug-likeness (QED) is 0.827. The number of ether oxygens (including phenoxy) is 1. The summed E-state index contributed by atoms with van der Waals surface area (Å²) in [4.78, 5) is 31.0. The molecular weight excluding hydrogens is 349 g/mol. The summed E-state index contributed by atoms with van der Waals surface area (Å²) in [5, 5.41) is 0. The van der Waals surface area contributed by atoms with E-state index >= 15 is 0 Å². The molecule has 1 saturated heterocycles. The van der Waals surface area contributed by atoms with Crippen LogP contribution in [0.3, 0.4) is 0 Å². The fourth-order valence-electron chi connectivity index (χ4n) is 3.49. The molecule has 2 aliphatic rings. The van der Waals surface area contributed by atoms with Crippen LogP contribution in [0.4, 0.5) is 4.39 Å². The van der Waals surface area contributed by atoms with Gasteiger partial charge in [-0.15, -0.1) is 0 Å². The summed E-state index contributed by atoms with van der Waals surface area (Å²) in [6, 6.07) is 7.66. The molecule has 1 amide bonds. The Morgan fingerprint density at radius 3 is 2.70 bits per heavy atom. The van der Waals surface area contributed by atoms with Gasteiger partial charge in [0, 0.05) is 18.5 Å². The summed E-state index contributed by atoms with van der Waals surface area (Å²) >= 11 is 0. The van der Waals surface area contributed by atoms with E-state index in [1.165, 1.54) is 29.4 Å². The van der Waals surface area contributed by atoms with Gasteiger partial charge in [-0.25, -0.2) is 9.37 Å². The van der Waals surface area contributed by atoms with Gasteiger partial charge in [-0.3, -0.25) is 14.2 Å². The zero-order chi connectivity index (χ0) is 18.8. The first kappa shape index (κ1) is 17.9. The van der Waals surface area contributed by atoms with Crippen molar-refractivity contribution in [2.75, 3.05) is 19.7 Å². The second-order valence-electron chi connectivity index (χ2n) is 7.16. The largest absolute Gasteiger partial charge is 0.370 e. The van der Waals surface area contributed by atoms with Gasteiger partial charge in [0.25, 0.3) is 5.56 Å². The van der Waals surface area contributed by atoms with Gasteiger partial charge in [0.05, 0.1) is 25.2 Å². The lowest BCUT2D eigenvalue weighted by Gasteiger charge is -2.33. The first-order chi connectivity index (χ1) is 13.1. The number of morpholine rings is 1. The molecule has 4 rings (SSSR count). The molecule has 2 heterocycles. The zero-order valence-electron chi connectivity index (χ0n) is 15.0. The standard InChI is InChI=1S/C20H22FN3O3/c21-16-6-4-15(5-7-16)18-11-23(8-9-27-18)20(26)12-24-13-22-17(10-19(24)25)14-2-1-3-14/h4-7,10,13-14,18H,1-3,8-9,11-12H2/t18-/m0/s1. The Hall–Kier alpha value is -2.54. The predicted molar refractivity (Wildman–Crippen MR) is 96.8 cm³/mol. The number of nitrogens with zero attached hydrogens (tertiary/aromatic N) is 3. The van der Waals surface area contributed by atoms with E-state index in [1.54, 1.807) is 23.1 Å². The van der Waals surface area contributed by atoms with Crippen molar-refractivity contribution in [2.45, 2.75) is 37.8 Å². The van der Waals surface area contributed by atoms with E-state index in [0.29, 0.717) is 25.6 Å². The average Bonchev–Trinajstić information content (AvgIpc) is 2.63. The SMILES string of the molecule is O=C(Cn1cnc(C2CCC2)cc1=O)N1CCO[C@H](c2ccc(F)cc2)C1. The average molecular weight is 371 g/mol.